The molecule has 1 aliphatic carbocycles. The maximum absolute atomic E-state index is 12.8. The number of carbonyl (C=O) groups is 3. The van der Waals surface area contributed by atoms with Gasteiger partial charge in [-0.3, -0.25) is 9.59 Å². The second-order valence-corrected chi connectivity index (χ2v) is 8.20. The molecule has 0 saturated carbocycles. The molecule has 2 aromatic rings. The summed E-state index contributed by atoms with van der Waals surface area (Å²) in [6.45, 7) is 4.96. The van der Waals surface area contributed by atoms with Gasteiger partial charge in [-0.1, -0.05) is 55.5 Å². The van der Waals surface area contributed by atoms with E-state index in [-0.39, 0.29) is 12.5 Å². The minimum Gasteiger partial charge on any atom is -0.480 e. The van der Waals surface area contributed by atoms with Crippen molar-refractivity contribution in [3.8, 4) is 11.1 Å². The summed E-state index contributed by atoms with van der Waals surface area (Å²) in [5, 5.41) is 11.7. The fourth-order valence-electron chi connectivity index (χ4n) is 4.02. The van der Waals surface area contributed by atoms with Crippen molar-refractivity contribution in [2.45, 2.75) is 38.6 Å². The Morgan fingerprint density at radius 3 is 2.10 bits per heavy atom. The van der Waals surface area contributed by atoms with Gasteiger partial charge in [-0.2, -0.15) is 0 Å². The monoisotopic (exact) mass is 424 g/mol. The van der Waals surface area contributed by atoms with Crippen LogP contribution in [0.15, 0.2) is 48.5 Å². The Kier molecular flexibility index (Phi) is 6.63. The van der Waals surface area contributed by atoms with Crippen molar-refractivity contribution in [2.75, 3.05) is 19.7 Å². The molecule has 0 radical (unpaired) electrons. The summed E-state index contributed by atoms with van der Waals surface area (Å²) in [6.07, 6.45) is -0.105. The zero-order chi connectivity index (χ0) is 22.6. The lowest BCUT2D eigenvalue weighted by atomic mass is 9.98. The smallest absolute Gasteiger partial charge is 0.408 e. The molecule has 0 spiro atoms. The number of hydrogen-bond acceptors (Lipinski definition) is 4. The highest BCUT2D eigenvalue weighted by molar-refractivity contribution is 5.91. The van der Waals surface area contributed by atoms with E-state index in [9.17, 15) is 14.4 Å². The number of amides is 2. The number of rotatable bonds is 8. The number of carboxylic acids is 1. The molecular formula is C24H28N2O5. The zero-order valence-electron chi connectivity index (χ0n) is 18.1. The Bertz CT molecular complexity index is 940. The molecule has 0 unspecified atom stereocenters. The largest absolute Gasteiger partial charge is 0.480 e. The van der Waals surface area contributed by atoms with Crippen molar-refractivity contribution in [3.05, 3.63) is 59.7 Å². The van der Waals surface area contributed by atoms with Gasteiger partial charge >= 0.3 is 12.1 Å². The number of nitrogens with one attached hydrogen (secondary N) is 1. The summed E-state index contributed by atoms with van der Waals surface area (Å²) < 4.78 is 5.51. The molecule has 3 rings (SSSR count). The summed E-state index contributed by atoms with van der Waals surface area (Å²) in [4.78, 5) is 37.6. The summed E-state index contributed by atoms with van der Waals surface area (Å²) >= 11 is 0. The number of nitrogens with zero attached hydrogens (tertiary/aromatic N) is 1. The second-order valence-electron chi connectivity index (χ2n) is 8.20. The van der Waals surface area contributed by atoms with Gasteiger partial charge in [0, 0.05) is 12.5 Å². The van der Waals surface area contributed by atoms with E-state index in [2.05, 4.69) is 17.4 Å². The minimum absolute atomic E-state index is 0.0828. The molecule has 2 amide bonds. The van der Waals surface area contributed by atoms with Crippen molar-refractivity contribution in [1.29, 1.82) is 0 Å². The molecule has 2 N–H and O–H groups in total. The molecule has 164 valence electrons. The van der Waals surface area contributed by atoms with Crippen LogP contribution in [-0.4, -0.2) is 53.2 Å². The lowest BCUT2D eigenvalue weighted by Crippen LogP contribution is -2.57. The molecule has 7 heteroatoms. The molecule has 0 atom stereocenters. The van der Waals surface area contributed by atoms with Crippen LogP contribution in [0.2, 0.25) is 0 Å². The predicted octanol–water partition coefficient (Wildman–Crippen LogP) is 3.63. The summed E-state index contributed by atoms with van der Waals surface area (Å²) in [7, 11) is 0. The van der Waals surface area contributed by atoms with Crippen LogP contribution in [0.5, 0.6) is 0 Å². The molecule has 0 bridgehead atoms. The topological polar surface area (TPSA) is 95.9 Å². The SMILES string of the molecule is CCCN(CC(=O)O)C(=O)C(C)(C)NC(=O)OCC1c2ccccc2-c2ccccc21. The van der Waals surface area contributed by atoms with Crippen LogP contribution in [0.25, 0.3) is 11.1 Å². The van der Waals surface area contributed by atoms with Crippen molar-refractivity contribution in [3.63, 3.8) is 0 Å². The third-order valence-corrected chi connectivity index (χ3v) is 5.40. The van der Waals surface area contributed by atoms with Gasteiger partial charge in [0.2, 0.25) is 5.91 Å². The van der Waals surface area contributed by atoms with Crippen LogP contribution in [0.4, 0.5) is 4.79 Å². The van der Waals surface area contributed by atoms with Crippen molar-refractivity contribution in [2.24, 2.45) is 0 Å². The Morgan fingerprint density at radius 1 is 1.03 bits per heavy atom. The highest BCUT2D eigenvalue weighted by atomic mass is 16.5. The van der Waals surface area contributed by atoms with Gasteiger partial charge in [-0.05, 0) is 42.5 Å². The molecule has 2 aromatic carbocycles. The van der Waals surface area contributed by atoms with E-state index in [0.29, 0.717) is 13.0 Å². The van der Waals surface area contributed by atoms with Gasteiger partial charge in [0.25, 0.3) is 0 Å². The molecule has 1 aliphatic rings. The Labute approximate surface area is 182 Å². The van der Waals surface area contributed by atoms with Crippen LogP contribution in [-0.2, 0) is 14.3 Å². The maximum Gasteiger partial charge on any atom is 0.408 e. The van der Waals surface area contributed by atoms with Gasteiger partial charge < -0.3 is 20.1 Å². The molecule has 0 saturated heterocycles. The Balaban J connectivity index is 1.67. The number of ether oxygens (including phenoxy) is 1. The highest BCUT2D eigenvalue weighted by Gasteiger charge is 2.35. The molecular weight excluding hydrogens is 396 g/mol. The van der Waals surface area contributed by atoms with Crippen LogP contribution in [0, 0.1) is 0 Å². The first-order chi connectivity index (χ1) is 14.7. The molecule has 0 aliphatic heterocycles. The van der Waals surface area contributed by atoms with Crippen LogP contribution < -0.4 is 5.32 Å². The fourth-order valence-corrected chi connectivity index (χ4v) is 4.02. The summed E-state index contributed by atoms with van der Waals surface area (Å²) in [5.74, 6) is -1.65. The minimum atomic E-state index is -1.30. The lowest BCUT2D eigenvalue weighted by Gasteiger charge is -2.31. The molecule has 31 heavy (non-hydrogen) atoms. The first-order valence-corrected chi connectivity index (χ1v) is 10.4. The Morgan fingerprint density at radius 2 is 1.58 bits per heavy atom. The second kappa shape index (κ2) is 9.20. The van der Waals surface area contributed by atoms with Crippen molar-refractivity contribution < 1.29 is 24.2 Å². The van der Waals surface area contributed by atoms with E-state index >= 15 is 0 Å². The Hall–Kier alpha value is -3.35. The number of fused-ring (bicyclic) bond motifs is 3. The van der Waals surface area contributed by atoms with E-state index in [1.54, 1.807) is 13.8 Å². The van der Waals surface area contributed by atoms with Crippen molar-refractivity contribution in [1.82, 2.24) is 10.2 Å². The molecule has 0 aromatic heterocycles. The quantitative estimate of drug-likeness (QED) is 0.675. The highest BCUT2D eigenvalue weighted by Crippen LogP contribution is 2.44. The number of benzene rings is 2. The number of aliphatic carboxylic acids is 1. The van der Waals surface area contributed by atoms with Gasteiger partial charge in [-0.25, -0.2) is 4.79 Å². The molecule has 0 fully saturated rings. The number of carbonyl (C=O) groups excluding carboxylic acids is 2. The van der Waals surface area contributed by atoms with Gasteiger partial charge in [-0.15, -0.1) is 0 Å². The van der Waals surface area contributed by atoms with E-state index in [0.717, 1.165) is 22.3 Å². The standard InChI is InChI=1S/C24H28N2O5/c1-4-13-26(14-21(27)28)22(29)24(2,3)25-23(30)31-15-20-18-11-7-5-9-16(18)17-10-6-8-12-19(17)20/h5-12,20H,4,13-15H2,1-3H3,(H,25,30)(H,27,28). The number of alkyl carbamates (subject to hydrolysis) is 1. The van der Waals surface area contributed by atoms with Crippen molar-refractivity contribution >= 4 is 18.0 Å². The summed E-state index contributed by atoms with van der Waals surface area (Å²) in [5.41, 5.74) is 3.16. The van der Waals surface area contributed by atoms with E-state index in [4.69, 9.17) is 9.84 Å². The van der Waals surface area contributed by atoms with E-state index < -0.39 is 30.1 Å². The predicted molar refractivity (Wildman–Crippen MR) is 117 cm³/mol. The number of carboxylic acid groups (broad SMARTS) is 1. The average molecular weight is 424 g/mol. The average Bonchev–Trinajstić information content (AvgIpc) is 3.04. The third kappa shape index (κ3) is 4.87. The van der Waals surface area contributed by atoms with Crippen LogP contribution in [0.3, 0.4) is 0 Å². The summed E-state index contributed by atoms with van der Waals surface area (Å²) in [6, 6.07) is 16.1. The normalized spacial score (nSPS) is 12.6. The third-order valence-electron chi connectivity index (χ3n) is 5.40. The first kappa shape index (κ1) is 22.3. The van der Waals surface area contributed by atoms with Gasteiger partial charge in [0.15, 0.2) is 0 Å². The van der Waals surface area contributed by atoms with E-state index in [1.807, 2.05) is 43.3 Å². The maximum atomic E-state index is 12.8. The van der Waals surface area contributed by atoms with Gasteiger partial charge in [0.05, 0.1) is 0 Å². The van der Waals surface area contributed by atoms with E-state index in [1.165, 1.54) is 4.90 Å². The zero-order valence-corrected chi connectivity index (χ0v) is 18.1. The number of hydrogen-bond donors (Lipinski definition) is 2. The van der Waals surface area contributed by atoms with Crippen LogP contribution in [0.1, 0.15) is 44.2 Å². The first-order valence-electron chi connectivity index (χ1n) is 10.4. The van der Waals surface area contributed by atoms with Crippen LogP contribution >= 0.6 is 0 Å². The lowest BCUT2D eigenvalue weighted by molar-refractivity contribution is -0.146. The molecule has 0 heterocycles. The van der Waals surface area contributed by atoms with Gasteiger partial charge in [0.1, 0.15) is 18.7 Å². The fraction of sp³-hybridized carbons (Fsp3) is 0.375. The molecule has 7 nitrogen and oxygen atoms in total.